The van der Waals surface area contributed by atoms with Gasteiger partial charge in [-0.3, -0.25) is 4.99 Å². The first kappa shape index (κ1) is 15.4. The summed E-state index contributed by atoms with van der Waals surface area (Å²) >= 11 is 0. The molecule has 0 aliphatic heterocycles. The molecule has 1 aromatic rings. The summed E-state index contributed by atoms with van der Waals surface area (Å²) in [7, 11) is 1.79. The molecule has 0 unspecified atom stereocenters. The van der Waals surface area contributed by atoms with Crippen LogP contribution in [0.15, 0.2) is 35.5 Å². The summed E-state index contributed by atoms with van der Waals surface area (Å²) in [6.45, 7) is 3.42. The van der Waals surface area contributed by atoms with E-state index in [0.29, 0.717) is 25.1 Å². The first-order valence-corrected chi connectivity index (χ1v) is 7.52. The van der Waals surface area contributed by atoms with Gasteiger partial charge in [-0.15, -0.1) is 0 Å². The van der Waals surface area contributed by atoms with E-state index in [1.807, 2.05) is 12.1 Å². The number of hydrogen-bond acceptors (Lipinski definition) is 3. The van der Waals surface area contributed by atoms with Crippen molar-refractivity contribution in [1.29, 1.82) is 0 Å². The molecule has 0 atom stereocenters. The normalized spacial score (nSPS) is 15.2. The van der Waals surface area contributed by atoms with Crippen LogP contribution < -0.4 is 15.4 Å². The molecule has 114 valence electrons. The van der Waals surface area contributed by atoms with Crippen molar-refractivity contribution in [3.63, 3.8) is 0 Å². The maximum atomic E-state index is 5.66. The molecule has 0 saturated heterocycles. The molecule has 5 heteroatoms. The number of nitrogens with one attached hydrogen (secondary N) is 2. The Balaban J connectivity index is 1.88. The molecule has 2 rings (SSSR count). The molecule has 0 amide bonds. The standard InChI is InChI=1S/C16H24N4O/c1-3-11-21-15-13(7-6-10-18-15)12-19-16(17-2)20-14-8-4-5-9-14/h4-7,10,14H,3,8-9,11-12H2,1-2H3,(H2,17,19,20). The molecule has 21 heavy (non-hydrogen) atoms. The molecule has 0 saturated carbocycles. The van der Waals surface area contributed by atoms with E-state index in [9.17, 15) is 0 Å². The van der Waals surface area contributed by atoms with Gasteiger partial charge in [-0.05, 0) is 25.3 Å². The van der Waals surface area contributed by atoms with Crippen molar-refractivity contribution >= 4 is 5.96 Å². The van der Waals surface area contributed by atoms with Crippen LogP contribution in [0, 0.1) is 0 Å². The lowest BCUT2D eigenvalue weighted by molar-refractivity contribution is 0.301. The summed E-state index contributed by atoms with van der Waals surface area (Å²) < 4.78 is 5.66. The van der Waals surface area contributed by atoms with Crippen LogP contribution in [0.4, 0.5) is 0 Å². The number of nitrogens with zero attached hydrogens (tertiary/aromatic N) is 2. The maximum Gasteiger partial charge on any atom is 0.218 e. The molecule has 1 aromatic heterocycles. The lowest BCUT2D eigenvalue weighted by Crippen LogP contribution is -2.42. The molecule has 0 spiro atoms. The van der Waals surface area contributed by atoms with E-state index in [-0.39, 0.29) is 0 Å². The maximum absolute atomic E-state index is 5.66. The van der Waals surface area contributed by atoms with Gasteiger partial charge < -0.3 is 15.4 Å². The molecule has 0 bridgehead atoms. The number of aliphatic imine (C=N–C) groups is 1. The summed E-state index contributed by atoms with van der Waals surface area (Å²) in [5.74, 6) is 1.51. The van der Waals surface area contributed by atoms with E-state index < -0.39 is 0 Å². The fourth-order valence-corrected chi connectivity index (χ4v) is 2.19. The first-order chi connectivity index (χ1) is 10.3. The van der Waals surface area contributed by atoms with Gasteiger partial charge in [-0.1, -0.05) is 25.1 Å². The van der Waals surface area contributed by atoms with E-state index >= 15 is 0 Å². The van der Waals surface area contributed by atoms with Crippen LogP contribution in [0.5, 0.6) is 5.88 Å². The Hall–Kier alpha value is -2.04. The summed E-state index contributed by atoms with van der Waals surface area (Å²) in [6.07, 6.45) is 9.23. The number of hydrogen-bond donors (Lipinski definition) is 2. The molecular weight excluding hydrogens is 264 g/mol. The molecule has 0 aromatic carbocycles. The monoisotopic (exact) mass is 288 g/mol. The second-order valence-corrected chi connectivity index (χ2v) is 5.03. The molecular formula is C16H24N4O. The Morgan fingerprint density at radius 2 is 2.24 bits per heavy atom. The van der Waals surface area contributed by atoms with Gasteiger partial charge in [0.25, 0.3) is 0 Å². The van der Waals surface area contributed by atoms with Crippen LogP contribution in [-0.4, -0.2) is 30.6 Å². The van der Waals surface area contributed by atoms with Crippen LogP contribution in [0.25, 0.3) is 0 Å². The number of rotatable bonds is 6. The van der Waals surface area contributed by atoms with Gasteiger partial charge in [0.2, 0.25) is 5.88 Å². The zero-order chi connectivity index (χ0) is 14.9. The van der Waals surface area contributed by atoms with E-state index in [4.69, 9.17) is 4.74 Å². The third-order valence-corrected chi connectivity index (χ3v) is 3.31. The summed E-state index contributed by atoms with van der Waals surface area (Å²) in [4.78, 5) is 8.55. The highest BCUT2D eigenvalue weighted by Gasteiger charge is 2.12. The zero-order valence-electron chi connectivity index (χ0n) is 12.8. The van der Waals surface area contributed by atoms with Crippen molar-refractivity contribution in [2.24, 2.45) is 4.99 Å². The van der Waals surface area contributed by atoms with Gasteiger partial charge in [0.05, 0.1) is 6.61 Å². The Labute approximate surface area is 126 Å². The minimum Gasteiger partial charge on any atom is -0.477 e. The Bertz CT molecular complexity index is 491. The lowest BCUT2D eigenvalue weighted by atomic mass is 10.2. The molecule has 0 fully saturated rings. The highest BCUT2D eigenvalue weighted by atomic mass is 16.5. The summed E-state index contributed by atoms with van der Waals surface area (Å²) in [5.41, 5.74) is 1.04. The first-order valence-electron chi connectivity index (χ1n) is 7.52. The molecule has 2 N–H and O–H groups in total. The molecule has 1 aliphatic carbocycles. The highest BCUT2D eigenvalue weighted by Crippen LogP contribution is 2.14. The number of pyridine rings is 1. The number of ether oxygens (including phenoxy) is 1. The number of guanidine groups is 1. The third-order valence-electron chi connectivity index (χ3n) is 3.31. The van der Waals surface area contributed by atoms with Crippen LogP contribution in [-0.2, 0) is 6.54 Å². The SMILES string of the molecule is CCCOc1ncccc1CNC(=NC)NC1CC=CC1. The van der Waals surface area contributed by atoms with Gasteiger partial charge in [0, 0.05) is 31.4 Å². The van der Waals surface area contributed by atoms with Crippen molar-refractivity contribution in [2.75, 3.05) is 13.7 Å². The highest BCUT2D eigenvalue weighted by molar-refractivity contribution is 5.80. The molecule has 0 radical (unpaired) electrons. The third kappa shape index (κ3) is 4.77. The van der Waals surface area contributed by atoms with E-state index in [2.05, 4.69) is 39.7 Å². The topological polar surface area (TPSA) is 58.5 Å². The predicted molar refractivity (Wildman–Crippen MR) is 85.5 cm³/mol. The van der Waals surface area contributed by atoms with E-state index in [0.717, 1.165) is 30.8 Å². The minimum atomic E-state index is 0.445. The van der Waals surface area contributed by atoms with Gasteiger partial charge in [0.15, 0.2) is 5.96 Å². The van der Waals surface area contributed by atoms with Crippen LogP contribution in [0.2, 0.25) is 0 Å². The lowest BCUT2D eigenvalue weighted by Gasteiger charge is -2.17. The van der Waals surface area contributed by atoms with Crippen molar-refractivity contribution in [1.82, 2.24) is 15.6 Å². The fraction of sp³-hybridized carbons (Fsp3) is 0.500. The second kappa shape index (κ2) is 8.29. The Morgan fingerprint density at radius 1 is 1.43 bits per heavy atom. The average Bonchev–Trinajstić information content (AvgIpc) is 3.03. The van der Waals surface area contributed by atoms with Gasteiger partial charge in [0.1, 0.15) is 0 Å². The van der Waals surface area contributed by atoms with Crippen LogP contribution in [0.3, 0.4) is 0 Å². The summed E-state index contributed by atoms with van der Waals surface area (Å²) in [6, 6.07) is 4.39. The van der Waals surface area contributed by atoms with E-state index in [1.165, 1.54) is 0 Å². The minimum absolute atomic E-state index is 0.445. The Morgan fingerprint density at radius 3 is 2.95 bits per heavy atom. The van der Waals surface area contributed by atoms with Crippen LogP contribution in [0.1, 0.15) is 31.7 Å². The zero-order valence-corrected chi connectivity index (χ0v) is 12.8. The summed E-state index contributed by atoms with van der Waals surface area (Å²) in [5, 5.41) is 6.73. The number of aromatic nitrogens is 1. The molecule has 1 heterocycles. The van der Waals surface area contributed by atoms with Crippen LogP contribution >= 0.6 is 0 Å². The van der Waals surface area contributed by atoms with Gasteiger partial charge in [-0.2, -0.15) is 0 Å². The largest absolute Gasteiger partial charge is 0.477 e. The quantitative estimate of drug-likeness (QED) is 0.479. The van der Waals surface area contributed by atoms with Crippen molar-refractivity contribution in [3.8, 4) is 5.88 Å². The molecule has 1 aliphatic rings. The Kier molecular flexibility index (Phi) is 6.06. The second-order valence-electron chi connectivity index (χ2n) is 5.03. The van der Waals surface area contributed by atoms with Crippen molar-refractivity contribution < 1.29 is 4.74 Å². The average molecular weight is 288 g/mol. The smallest absolute Gasteiger partial charge is 0.218 e. The van der Waals surface area contributed by atoms with E-state index in [1.54, 1.807) is 13.2 Å². The van der Waals surface area contributed by atoms with Gasteiger partial charge in [-0.25, -0.2) is 4.98 Å². The molecule has 5 nitrogen and oxygen atoms in total. The van der Waals surface area contributed by atoms with Gasteiger partial charge >= 0.3 is 0 Å². The van der Waals surface area contributed by atoms with Crippen molar-refractivity contribution in [3.05, 3.63) is 36.0 Å². The van der Waals surface area contributed by atoms with Crippen molar-refractivity contribution in [2.45, 2.75) is 38.8 Å². The predicted octanol–water partition coefficient (Wildman–Crippen LogP) is 2.25. The fourth-order valence-electron chi connectivity index (χ4n) is 2.19.